The number of halogens is 1. The highest BCUT2D eigenvalue weighted by Crippen LogP contribution is 2.26. The van der Waals surface area contributed by atoms with Crippen molar-refractivity contribution >= 4 is 21.8 Å². The van der Waals surface area contributed by atoms with Gasteiger partial charge >= 0.3 is 5.91 Å². The third kappa shape index (κ3) is 2.37. The molecule has 2 fully saturated rings. The van der Waals surface area contributed by atoms with Gasteiger partial charge in [-0.25, -0.2) is 4.98 Å². The number of piperidine rings is 1. The maximum Gasteiger partial charge on any atom is 0.307 e. The Hall–Kier alpha value is -0.880. The van der Waals surface area contributed by atoms with Crippen molar-refractivity contribution in [2.24, 2.45) is 5.92 Å². The molecule has 0 spiro atoms. The largest absolute Gasteiger partial charge is 0.425 e. The number of fused-ring (bicyclic) bond motifs is 2. The van der Waals surface area contributed by atoms with Crippen LogP contribution in [0.1, 0.15) is 23.5 Å². The summed E-state index contributed by atoms with van der Waals surface area (Å²) < 4.78 is 5.62. The molecule has 92 valence electrons. The summed E-state index contributed by atoms with van der Waals surface area (Å²) >= 11 is 3.14. The van der Waals surface area contributed by atoms with Crippen molar-refractivity contribution in [2.45, 2.75) is 18.9 Å². The van der Waals surface area contributed by atoms with Crippen molar-refractivity contribution in [1.29, 1.82) is 0 Å². The normalized spacial score (nSPS) is 31.5. The zero-order valence-electron chi connectivity index (χ0n) is 9.36. The SMILES string of the molecule is O=C(N[C@@H]1C[C@@H]2CCN(C2)C1)c1ncc(Br)o1. The van der Waals surface area contributed by atoms with Crippen LogP contribution in [0.25, 0.3) is 0 Å². The molecule has 0 aliphatic carbocycles. The van der Waals surface area contributed by atoms with Crippen molar-refractivity contribution in [3.63, 3.8) is 0 Å². The first-order valence-electron chi connectivity index (χ1n) is 5.85. The molecular weight excluding hydrogens is 286 g/mol. The van der Waals surface area contributed by atoms with Gasteiger partial charge in [0.25, 0.3) is 5.89 Å². The van der Waals surface area contributed by atoms with Gasteiger partial charge in [0, 0.05) is 19.1 Å². The van der Waals surface area contributed by atoms with Gasteiger partial charge in [-0.15, -0.1) is 0 Å². The molecular formula is C11H14BrN3O2. The highest BCUT2D eigenvalue weighted by molar-refractivity contribution is 9.10. The second kappa shape index (κ2) is 4.42. The van der Waals surface area contributed by atoms with E-state index in [1.54, 1.807) is 0 Å². The maximum atomic E-state index is 11.9. The van der Waals surface area contributed by atoms with Crippen LogP contribution in [-0.4, -0.2) is 41.5 Å². The highest BCUT2D eigenvalue weighted by Gasteiger charge is 2.33. The van der Waals surface area contributed by atoms with Crippen molar-refractivity contribution < 1.29 is 9.21 Å². The minimum Gasteiger partial charge on any atom is -0.425 e. The molecule has 0 radical (unpaired) electrons. The molecule has 0 aromatic carbocycles. The zero-order chi connectivity index (χ0) is 11.8. The summed E-state index contributed by atoms with van der Waals surface area (Å²) in [4.78, 5) is 18.2. The number of nitrogens with zero attached hydrogens (tertiary/aromatic N) is 2. The summed E-state index contributed by atoms with van der Waals surface area (Å²) in [5, 5.41) is 2.99. The third-order valence-corrected chi connectivity index (χ3v) is 3.84. The van der Waals surface area contributed by atoms with Gasteiger partial charge in [0.1, 0.15) is 0 Å². The standard InChI is InChI=1S/C11H14BrN3O2/c12-9-4-13-11(17-9)10(16)14-8-3-7-1-2-15(5-7)6-8/h4,7-8H,1-3,5-6H2,(H,14,16)/t7-,8+/m0/s1. The molecule has 6 heteroatoms. The van der Waals surface area contributed by atoms with Crippen LogP contribution < -0.4 is 5.32 Å². The van der Waals surface area contributed by atoms with E-state index in [4.69, 9.17) is 4.42 Å². The van der Waals surface area contributed by atoms with Crippen LogP contribution in [0, 0.1) is 5.92 Å². The van der Waals surface area contributed by atoms with E-state index in [-0.39, 0.29) is 17.8 Å². The van der Waals surface area contributed by atoms with Gasteiger partial charge in [-0.2, -0.15) is 0 Å². The van der Waals surface area contributed by atoms with Gasteiger partial charge in [-0.1, -0.05) is 0 Å². The molecule has 1 amide bonds. The first-order valence-corrected chi connectivity index (χ1v) is 6.64. The fraction of sp³-hybridized carbons (Fsp3) is 0.636. The number of nitrogens with one attached hydrogen (secondary N) is 1. The Kier molecular flexibility index (Phi) is 2.92. The topological polar surface area (TPSA) is 58.4 Å². The van der Waals surface area contributed by atoms with Crippen molar-refractivity contribution in [2.75, 3.05) is 19.6 Å². The minimum atomic E-state index is -0.219. The molecule has 3 atom stereocenters. The van der Waals surface area contributed by atoms with Crippen LogP contribution >= 0.6 is 15.9 Å². The van der Waals surface area contributed by atoms with Gasteiger partial charge in [0.15, 0.2) is 4.67 Å². The van der Waals surface area contributed by atoms with Crippen LogP contribution in [0.5, 0.6) is 0 Å². The molecule has 1 unspecified atom stereocenters. The predicted molar refractivity (Wildman–Crippen MR) is 64.6 cm³/mol. The third-order valence-electron chi connectivity index (χ3n) is 3.47. The van der Waals surface area contributed by atoms with Gasteiger partial charge in [0.05, 0.1) is 6.20 Å². The van der Waals surface area contributed by atoms with E-state index in [1.807, 2.05) is 0 Å². The monoisotopic (exact) mass is 299 g/mol. The second-order valence-electron chi connectivity index (χ2n) is 4.79. The van der Waals surface area contributed by atoms with E-state index in [1.165, 1.54) is 25.7 Å². The average molecular weight is 300 g/mol. The zero-order valence-corrected chi connectivity index (χ0v) is 10.9. The molecule has 5 nitrogen and oxygen atoms in total. The number of aromatic nitrogens is 1. The van der Waals surface area contributed by atoms with E-state index < -0.39 is 0 Å². The molecule has 1 N–H and O–H groups in total. The molecule has 0 saturated carbocycles. The number of carbonyl (C=O) groups is 1. The predicted octanol–water partition coefficient (Wildman–Crippen LogP) is 1.26. The van der Waals surface area contributed by atoms with E-state index >= 15 is 0 Å². The molecule has 2 aliphatic heterocycles. The molecule has 3 rings (SSSR count). The summed E-state index contributed by atoms with van der Waals surface area (Å²) in [6.07, 6.45) is 3.82. The first kappa shape index (κ1) is 11.2. The average Bonchev–Trinajstić information content (AvgIpc) is 2.85. The highest BCUT2D eigenvalue weighted by atomic mass is 79.9. The van der Waals surface area contributed by atoms with Crippen molar-refractivity contribution in [1.82, 2.24) is 15.2 Å². The molecule has 1 aromatic rings. The fourth-order valence-electron chi connectivity index (χ4n) is 2.77. The van der Waals surface area contributed by atoms with Crippen molar-refractivity contribution in [3.05, 3.63) is 16.8 Å². The van der Waals surface area contributed by atoms with Crippen LogP contribution in [0.2, 0.25) is 0 Å². The smallest absolute Gasteiger partial charge is 0.307 e. The molecule has 2 bridgehead atoms. The number of rotatable bonds is 2. The fourth-order valence-corrected chi connectivity index (χ4v) is 3.03. The number of hydrogen-bond donors (Lipinski definition) is 1. The van der Waals surface area contributed by atoms with Gasteiger partial charge < -0.3 is 14.6 Å². The van der Waals surface area contributed by atoms with Crippen LogP contribution in [0.4, 0.5) is 0 Å². The maximum absolute atomic E-state index is 11.9. The van der Waals surface area contributed by atoms with Crippen LogP contribution in [-0.2, 0) is 0 Å². The Morgan fingerprint density at radius 3 is 3.18 bits per heavy atom. The molecule has 1 aromatic heterocycles. The molecule has 2 aliphatic rings. The molecule has 2 saturated heterocycles. The Bertz CT molecular complexity index is 422. The van der Waals surface area contributed by atoms with Gasteiger partial charge in [-0.05, 0) is 41.2 Å². The number of amides is 1. The summed E-state index contributed by atoms with van der Waals surface area (Å²) in [7, 11) is 0. The first-order chi connectivity index (χ1) is 8.20. The summed E-state index contributed by atoms with van der Waals surface area (Å²) in [5.74, 6) is 0.651. The summed E-state index contributed by atoms with van der Waals surface area (Å²) in [6.45, 7) is 3.31. The lowest BCUT2D eigenvalue weighted by Gasteiger charge is -2.30. The molecule has 3 heterocycles. The van der Waals surface area contributed by atoms with Crippen LogP contribution in [0.3, 0.4) is 0 Å². The Balaban J connectivity index is 1.62. The van der Waals surface area contributed by atoms with Gasteiger partial charge in [0.2, 0.25) is 0 Å². The van der Waals surface area contributed by atoms with E-state index in [0.29, 0.717) is 4.67 Å². The van der Waals surface area contributed by atoms with Crippen LogP contribution in [0.15, 0.2) is 15.3 Å². The summed E-state index contributed by atoms with van der Waals surface area (Å²) in [6, 6.07) is 0.231. The Morgan fingerprint density at radius 2 is 2.47 bits per heavy atom. The minimum absolute atomic E-state index is 0.129. The molecule has 17 heavy (non-hydrogen) atoms. The Labute approximate surface area is 108 Å². The Morgan fingerprint density at radius 1 is 1.59 bits per heavy atom. The number of oxazole rings is 1. The van der Waals surface area contributed by atoms with E-state index in [0.717, 1.165) is 18.9 Å². The lowest BCUT2D eigenvalue weighted by atomic mass is 9.97. The van der Waals surface area contributed by atoms with E-state index in [9.17, 15) is 4.79 Å². The number of hydrogen-bond acceptors (Lipinski definition) is 4. The lowest BCUT2D eigenvalue weighted by Crippen LogP contribution is -2.47. The van der Waals surface area contributed by atoms with Crippen molar-refractivity contribution in [3.8, 4) is 0 Å². The summed E-state index contributed by atoms with van der Waals surface area (Å²) in [5.41, 5.74) is 0. The second-order valence-corrected chi connectivity index (χ2v) is 5.57. The quantitative estimate of drug-likeness (QED) is 0.893. The number of carbonyl (C=O) groups excluding carboxylic acids is 1. The van der Waals surface area contributed by atoms with Gasteiger partial charge in [-0.3, -0.25) is 4.79 Å². The lowest BCUT2D eigenvalue weighted by molar-refractivity contribution is 0.0873. The van der Waals surface area contributed by atoms with E-state index in [2.05, 4.69) is 31.1 Å².